The molecule has 30 heavy (non-hydrogen) atoms. The molecule has 8 heteroatoms. The smallest absolute Gasteiger partial charge is 0.243 e. The van der Waals surface area contributed by atoms with Crippen molar-refractivity contribution in [2.75, 3.05) is 26.2 Å². The van der Waals surface area contributed by atoms with E-state index in [1.165, 1.54) is 4.31 Å². The second-order valence-corrected chi connectivity index (χ2v) is 9.78. The number of hydrogen-bond donors (Lipinski definition) is 0. The van der Waals surface area contributed by atoms with Crippen LogP contribution in [0.2, 0.25) is 0 Å². The molecule has 0 spiro atoms. The second-order valence-electron chi connectivity index (χ2n) is 7.91. The van der Waals surface area contributed by atoms with Gasteiger partial charge in [-0.15, -0.1) is 0 Å². The minimum absolute atomic E-state index is 0.0868. The van der Waals surface area contributed by atoms with Crippen LogP contribution in [0.3, 0.4) is 0 Å². The van der Waals surface area contributed by atoms with Gasteiger partial charge in [0.05, 0.1) is 29.9 Å². The molecule has 0 atom stereocenters. The van der Waals surface area contributed by atoms with Crippen LogP contribution in [-0.4, -0.2) is 49.7 Å². The van der Waals surface area contributed by atoms with Crippen molar-refractivity contribution in [3.63, 3.8) is 0 Å². The lowest BCUT2D eigenvalue weighted by Crippen LogP contribution is -2.45. The van der Waals surface area contributed by atoms with Crippen LogP contribution in [0.4, 0.5) is 0 Å². The lowest BCUT2D eigenvalue weighted by molar-refractivity contribution is -0.136. The molecule has 1 aromatic carbocycles. The van der Waals surface area contributed by atoms with Crippen LogP contribution in [0.15, 0.2) is 11.0 Å². The normalized spacial score (nSPS) is 15.4. The number of amides is 1. The zero-order chi connectivity index (χ0) is 22.5. The lowest BCUT2D eigenvalue weighted by Gasteiger charge is -2.34. The van der Waals surface area contributed by atoms with E-state index >= 15 is 0 Å². The third-order valence-electron chi connectivity index (χ3n) is 6.00. The largest absolute Gasteiger partial charge is 0.340 e. The summed E-state index contributed by atoms with van der Waals surface area (Å²) in [7, 11) is -3.64. The van der Waals surface area contributed by atoms with Crippen molar-refractivity contribution in [1.29, 1.82) is 10.5 Å². The molecule has 7 nitrogen and oxygen atoms in total. The summed E-state index contributed by atoms with van der Waals surface area (Å²) in [5.41, 5.74) is 3.45. The van der Waals surface area contributed by atoms with Crippen LogP contribution in [0.1, 0.15) is 47.9 Å². The Bertz CT molecular complexity index is 937. The molecule has 1 fully saturated rings. The molecule has 1 heterocycles. The summed E-state index contributed by atoms with van der Waals surface area (Å²) >= 11 is 0. The molecule has 1 aliphatic rings. The van der Waals surface area contributed by atoms with E-state index in [2.05, 4.69) is 0 Å². The summed E-state index contributed by atoms with van der Waals surface area (Å²) in [6, 6.07) is 6.07. The first-order chi connectivity index (χ1) is 14.1. The van der Waals surface area contributed by atoms with Gasteiger partial charge in [-0.05, 0) is 62.8 Å². The molecule has 0 aliphatic carbocycles. The van der Waals surface area contributed by atoms with Crippen LogP contribution in [0.25, 0.3) is 0 Å². The van der Waals surface area contributed by atoms with Crippen molar-refractivity contribution in [2.24, 2.45) is 5.92 Å². The molecule has 1 amide bonds. The molecule has 1 aromatic rings. The first-order valence-corrected chi connectivity index (χ1v) is 11.7. The van der Waals surface area contributed by atoms with Crippen LogP contribution in [0.5, 0.6) is 0 Å². The summed E-state index contributed by atoms with van der Waals surface area (Å²) in [5, 5.41) is 17.6. The van der Waals surface area contributed by atoms with E-state index in [-0.39, 0.29) is 37.8 Å². The quantitative estimate of drug-likeness (QED) is 0.661. The highest BCUT2D eigenvalue weighted by Gasteiger charge is 2.35. The van der Waals surface area contributed by atoms with Gasteiger partial charge < -0.3 is 4.90 Å². The number of piperidine rings is 1. The number of rotatable bonds is 7. The molecule has 2 rings (SSSR count). The second kappa shape index (κ2) is 10.1. The molecule has 0 aromatic heterocycles. The Hall–Kier alpha value is -2.42. The number of nitrogens with zero attached hydrogens (tertiary/aromatic N) is 4. The third-order valence-corrected chi connectivity index (χ3v) is 8.17. The zero-order valence-corrected chi connectivity index (χ0v) is 19.0. The van der Waals surface area contributed by atoms with Crippen molar-refractivity contribution in [3.8, 4) is 12.1 Å². The lowest BCUT2D eigenvalue weighted by atomic mass is 9.96. The van der Waals surface area contributed by atoms with Gasteiger partial charge in [0.2, 0.25) is 15.9 Å². The molecule has 0 bridgehead atoms. The van der Waals surface area contributed by atoms with Crippen LogP contribution >= 0.6 is 0 Å². The van der Waals surface area contributed by atoms with E-state index in [4.69, 9.17) is 10.5 Å². The molecule has 0 radical (unpaired) electrons. The number of carbonyl (C=O) groups is 1. The SMILES string of the molecule is Cc1cc(C)c(C)c(S(=O)(=O)N2CCC(C(=O)N(CCC#N)CCC#N)CC2)c1C. The minimum Gasteiger partial charge on any atom is -0.340 e. The molecule has 0 unspecified atom stereocenters. The third kappa shape index (κ3) is 5.00. The van der Waals surface area contributed by atoms with Crippen molar-refractivity contribution in [3.05, 3.63) is 28.3 Å². The van der Waals surface area contributed by atoms with Crippen LogP contribution < -0.4 is 0 Å². The molecule has 1 saturated heterocycles. The Labute approximate surface area is 179 Å². The molecular formula is C22H30N4O3S. The van der Waals surface area contributed by atoms with Crippen molar-refractivity contribution in [1.82, 2.24) is 9.21 Å². The zero-order valence-electron chi connectivity index (χ0n) is 18.2. The predicted octanol–water partition coefficient (Wildman–Crippen LogP) is 2.98. The standard InChI is InChI=1S/C22H30N4O3S/c1-16-15-17(2)19(4)21(18(16)3)30(28,29)26-13-7-20(8-14-26)22(27)25(11-5-9-23)12-6-10-24/h15,20H,5-8,11-14H2,1-4H3. The maximum absolute atomic E-state index is 13.4. The van der Waals surface area contributed by atoms with E-state index in [9.17, 15) is 13.2 Å². The van der Waals surface area contributed by atoms with Gasteiger partial charge in [-0.1, -0.05) is 6.07 Å². The summed E-state index contributed by atoms with van der Waals surface area (Å²) in [4.78, 5) is 14.8. The average Bonchev–Trinajstić information content (AvgIpc) is 2.72. The number of hydrogen-bond acceptors (Lipinski definition) is 5. The highest BCUT2D eigenvalue weighted by atomic mass is 32.2. The molecular weight excluding hydrogens is 400 g/mol. The van der Waals surface area contributed by atoms with Gasteiger partial charge in [0.15, 0.2) is 0 Å². The minimum atomic E-state index is -3.64. The maximum atomic E-state index is 13.4. The highest BCUT2D eigenvalue weighted by molar-refractivity contribution is 7.89. The van der Waals surface area contributed by atoms with E-state index < -0.39 is 10.0 Å². The predicted molar refractivity (Wildman–Crippen MR) is 114 cm³/mol. The molecule has 0 N–H and O–H groups in total. The highest BCUT2D eigenvalue weighted by Crippen LogP contribution is 2.31. The van der Waals surface area contributed by atoms with E-state index in [0.29, 0.717) is 30.8 Å². The number of nitriles is 2. The van der Waals surface area contributed by atoms with Gasteiger partial charge in [0.25, 0.3) is 0 Å². The van der Waals surface area contributed by atoms with Gasteiger partial charge in [-0.2, -0.15) is 14.8 Å². The molecule has 162 valence electrons. The van der Waals surface area contributed by atoms with Crippen molar-refractivity contribution < 1.29 is 13.2 Å². The Morgan fingerprint density at radius 1 is 1.03 bits per heavy atom. The Kier molecular flexibility index (Phi) is 8.00. The summed E-state index contributed by atoms with van der Waals surface area (Å²) in [5.74, 6) is -0.369. The van der Waals surface area contributed by atoms with Gasteiger partial charge in [0, 0.05) is 32.1 Å². The Morgan fingerprint density at radius 3 is 1.93 bits per heavy atom. The van der Waals surface area contributed by atoms with E-state index in [1.807, 2.05) is 45.9 Å². The van der Waals surface area contributed by atoms with Crippen LogP contribution in [0, 0.1) is 56.3 Å². The number of carbonyl (C=O) groups excluding carboxylic acids is 1. The fraction of sp³-hybridized carbons (Fsp3) is 0.591. The number of benzene rings is 1. The van der Waals surface area contributed by atoms with Gasteiger partial charge in [-0.25, -0.2) is 8.42 Å². The van der Waals surface area contributed by atoms with E-state index in [0.717, 1.165) is 22.3 Å². The summed E-state index contributed by atoms with van der Waals surface area (Å²) in [6.07, 6.45) is 1.32. The van der Waals surface area contributed by atoms with Gasteiger partial charge in [-0.3, -0.25) is 4.79 Å². The summed E-state index contributed by atoms with van der Waals surface area (Å²) in [6.45, 7) is 8.70. The molecule has 1 aliphatic heterocycles. The first kappa shape index (κ1) is 23.9. The fourth-order valence-electron chi connectivity index (χ4n) is 4.00. The summed E-state index contributed by atoms with van der Waals surface area (Å²) < 4.78 is 28.3. The van der Waals surface area contributed by atoms with Crippen molar-refractivity contribution in [2.45, 2.75) is 58.3 Å². The number of aryl methyl sites for hydroxylation is 2. The monoisotopic (exact) mass is 430 g/mol. The fourth-order valence-corrected chi connectivity index (χ4v) is 6.05. The van der Waals surface area contributed by atoms with Crippen molar-refractivity contribution >= 4 is 15.9 Å². The Balaban J connectivity index is 2.16. The number of sulfonamides is 1. The van der Waals surface area contributed by atoms with E-state index in [1.54, 1.807) is 4.90 Å². The maximum Gasteiger partial charge on any atom is 0.243 e. The topological polar surface area (TPSA) is 105 Å². The average molecular weight is 431 g/mol. The van der Waals surface area contributed by atoms with Gasteiger partial charge >= 0.3 is 0 Å². The first-order valence-electron chi connectivity index (χ1n) is 10.2. The van der Waals surface area contributed by atoms with Crippen LogP contribution in [-0.2, 0) is 14.8 Å². The molecule has 0 saturated carbocycles. The Morgan fingerprint density at radius 2 is 1.50 bits per heavy atom. The van der Waals surface area contributed by atoms with Gasteiger partial charge in [0.1, 0.15) is 0 Å².